The van der Waals surface area contributed by atoms with Crippen LogP contribution in [0.2, 0.25) is 0 Å². The molecule has 0 fully saturated rings. The summed E-state index contributed by atoms with van der Waals surface area (Å²) < 4.78 is 14.9. The van der Waals surface area contributed by atoms with E-state index in [2.05, 4.69) is 20.6 Å². The minimum atomic E-state index is -0.270. The van der Waals surface area contributed by atoms with Crippen molar-refractivity contribution in [2.45, 2.75) is 13.8 Å². The van der Waals surface area contributed by atoms with E-state index in [-0.39, 0.29) is 5.82 Å². The predicted molar refractivity (Wildman–Crippen MR) is 106 cm³/mol. The molecule has 0 unspecified atom stereocenters. The maximum atomic E-state index is 13.1. The van der Waals surface area contributed by atoms with Gasteiger partial charge in [0.1, 0.15) is 11.6 Å². The third-order valence-corrected chi connectivity index (χ3v) is 4.41. The van der Waals surface area contributed by atoms with E-state index < -0.39 is 0 Å². The molecule has 0 bridgehead atoms. The highest BCUT2D eigenvalue weighted by molar-refractivity contribution is 6.00. The van der Waals surface area contributed by atoms with Gasteiger partial charge in [0.25, 0.3) is 0 Å². The first-order valence-electron chi connectivity index (χ1n) is 8.59. The Morgan fingerprint density at radius 1 is 1.04 bits per heavy atom. The number of hydrogen-bond donors (Lipinski definition) is 1. The van der Waals surface area contributed by atoms with Crippen LogP contribution in [0.4, 0.5) is 10.2 Å². The summed E-state index contributed by atoms with van der Waals surface area (Å²) in [6, 6.07) is 18.1. The van der Waals surface area contributed by atoms with Gasteiger partial charge in [0.15, 0.2) is 0 Å². The molecular formula is C21H18FN5. The van der Waals surface area contributed by atoms with Gasteiger partial charge in [-0.3, -0.25) is 5.43 Å². The first-order chi connectivity index (χ1) is 13.1. The van der Waals surface area contributed by atoms with Gasteiger partial charge in [-0.15, -0.1) is 0 Å². The van der Waals surface area contributed by atoms with Crippen molar-refractivity contribution in [1.29, 1.82) is 0 Å². The van der Waals surface area contributed by atoms with E-state index in [0.29, 0.717) is 5.82 Å². The van der Waals surface area contributed by atoms with Crippen LogP contribution in [0.15, 0.2) is 72.0 Å². The van der Waals surface area contributed by atoms with Crippen LogP contribution in [0.1, 0.15) is 18.2 Å². The van der Waals surface area contributed by atoms with Crippen molar-refractivity contribution in [3.05, 3.63) is 83.9 Å². The zero-order chi connectivity index (χ0) is 18.8. The molecule has 27 heavy (non-hydrogen) atoms. The molecule has 0 saturated heterocycles. The fourth-order valence-electron chi connectivity index (χ4n) is 2.94. The van der Waals surface area contributed by atoms with Crippen LogP contribution in [0.3, 0.4) is 0 Å². The molecule has 0 aliphatic heterocycles. The highest BCUT2D eigenvalue weighted by Gasteiger charge is 2.11. The van der Waals surface area contributed by atoms with Gasteiger partial charge in [0.2, 0.25) is 0 Å². The van der Waals surface area contributed by atoms with Crippen molar-refractivity contribution in [1.82, 2.24) is 14.8 Å². The van der Waals surface area contributed by atoms with E-state index in [0.717, 1.165) is 33.6 Å². The zero-order valence-electron chi connectivity index (χ0n) is 15.0. The lowest BCUT2D eigenvalue weighted by atomic mass is 10.2. The van der Waals surface area contributed by atoms with Gasteiger partial charge in [-0.05, 0) is 56.3 Å². The SMILES string of the molecule is C/C(=N\Nc1ccc2ccccc2n1)c1cnn(-c2ccc(F)cc2)c1C. The average Bonchev–Trinajstić information content (AvgIpc) is 3.08. The summed E-state index contributed by atoms with van der Waals surface area (Å²) in [5, 5.41) is 9.93. The molecule has 2 heterocycles. The number of rotatable bonds is 4. The van der Waals surface area contributed by atoms with E-state index >= 15 is 0 Å². The maximum Gasteiger partial charge on any atom is 0.146 e. The topological polar surface area (TPSA) is 55.1 Å². The number of halogens is 1. The van der Waals surface area contributed by atoms with Gasteiger partial charge in [-0.1, -0.05) is 18.2 Å². The van der Waals surface area contributed by atoms with Crippen LogP contribution in [-0.2, 0) is 0 Å². The molecule has 0 saturated carbocycles. The molecule has 134 valence electrons. The van der Waals surface area contributed by atoms with Crippen molar-refractivity contribution in [3.8, 4) is 5.69 Å². The van der Waals surface area contributed by atoms with Crippen molar-refractivity contribution in [3.63, 3.8) is 0 Å². The normalized spacial score (nSPS) is 11.7. The monoisotopic (exact) mass is 359 g/mol. The summed E-state index contributed by atoms with van der Waals surface area (Å²) in [6.07, 6.45) is 1.76. The minimum Gasteiger partial charge on any atom is -0.261 e. The van der Waals surface area contributed by atoms with Gasteiger partial charge in [0, 0.05) is 10.9 Å². The van der Waals surface area contributed by atoms with Crippen LogP contribution in [0.25, 0.3) is 16.6 Å². The molecule has 0 aliphatic carbocycles. The molecule has 0 amide bonds. The Hall–Kier alpha value is -3.54. The zero-order valence-corrected chi connectivity index (χ0v) is 15.0. The maximum absolute atomic E-state index is 13.1. The van der Waals surface area contributed by atoms with Crippen molar-refractivity contribution >= 4 is 22.4 Å². The second-order valence-electron chi connectivity index (χ2n) is 6.23. The number of hydrazone groups is 1. The molecule has 0 spiro atoms. The summed E-state index contributed by atoms with van der Waals surface area (Å²) in [7, 11) is 0. The number of nitrogens with one attached hydrogen (secondary N) is 1. The van der Waals surface area contributed by atoms with Gasteiger partial charge >= 0.3 is 0 Å². The molecule has 6 heteroatoms. The number of benzene rings is 2. The molecule has 0 atom stereocenters. The lowest BCUT2D eigenvalue weighted by Crippen LogP contribution is -2.04. The van der Waals surface area contributed by atoms with Crippen LogP contribution in [0, 0.1) is 12.7 Å². The molecule has 0 aliphatic rings. The van der Waals surface area contributed by atoms with E-state index in [1.807, 2.05) is 50.2 Å². The molecule has 1 N–H and O–H groups in total. The summed E-state index contributed by atoms with van der Waals surface area (Å²) in [5.41, 5.74) is 7.35. The predicted octanol–water partition coefficient (Wildman–Crippen LogP) is 4.70. The number of anilines is 1. The van der Waals surface area contributed by atoms with Gasteiger partial charge < -0.3 is 0 Å². The molecule has 4 rings (SSSR count). The fourth-order valence-corrected chi connectivity index (χ4v) is 2.94. The van der Waals surface area contributed by atoms with Crippen LogP contribution >= 0.6 is 0 Å². The summed E-state index contributed by atoms with van der Waals surface area (Å²) >= 11 is 0. The van der Waals surface area contributed by atoms with E-state index in [9.17, 15) is 4.39 Å². The average molecular weight is 359 g/mol. The van der Waals surface area contributed by atoms with Crippen LogP contribution in [-0.4, -0.2) is 20.5 Å². The Balaban J connectivity index is 1.58. The highest BCUT2D eigenvalue weighted by Crippen LogP contribution is 2.17. The van der Waals surface area contributed by atoms with E-state index in [1.165, 1.54) is 12.1 Å². The van der Waals surface area contributed by atoms with Crippen molar-refractivity contribution in [2.24, 2.45) is 5.10 Å². The third kappa shape index (κ3) is 3.42. The Morgan fingerprint density at radius 3 is 2.63 bits per heavy atom. The fraction of sp³-hybridized carbons (Fsp3) is 0.0952. The van der Waals surface area contributed by atoms with E-state index in [4.69, 9.17) is 0 Å². The lowest BCUT2D eigenvalue weighted by molar-refractivity contribution is 0.627. The first-order valence-corrected chi connectivity index (χ1v) is 8.59. The summed E-state index contributed by atoms with van der Waals surface area (Å²) in [6.45, 7) is 3.87. The van der Waals surface area contributed by atoms with Crippen molar-refractivity contribution in [2.75, 3.05) is 5.43 Å². The lowest BCUT2D eigenvalue weighted by Gasteiger charge is -2.06. The van der Waals surface area contributed by atoms with Gasteiger partial charge in [0.05, 0.1) is 28.8 Å². The Labute approximate surface area is 156 Å². The highest BCUT2D eigenvalue weighted by atomic mass is 19.1. The molecule has 2 aromatic heterocycles. The largest absolute Gasteiger partial charge is 0.261 e. The molecule has 0 radical (unpaired) electrons. The number of fused-ring (bicyclic) bond motifs is 1. The minimum absolute atomic E-state index is 0.270. The first kappa shape index (κ1) is 16.9. The van der Waals surface area contributed by atoms with Crippen molar-refractivity contribution < 1.29 is 4.39 Å². The van der Waals surface area contributed by atoms with E-state index in [1.54, 1.807) is 23.0 Å². The second kappa shape index (κ2) is 6.99. The summed E-state index contributed by atoms with van der Waals surface area (Å²) in [5.74, 6) is 0.408. The number of aromatic nitrogens is 3. The van der Waals surface area contributed by atoms with Crippen LogP contribution in [0.5, 0.6) is 0 Å². The van der Waals surface area contributed by atoms with Crippen LogP contribution < -0.4 is 5.43 Å². The number of pyridine rings is 1. The Bertz CT molecular complexity index is 1130. The standard InChI is InChI=1S/C21H18FN5/c1-14(25-26-21-12-7-16-5-3-4-6-20(16)24-21)19-13-23-27(15(19)2)18-10-8-17(22)9-11-18/h3-13H,1-2H3,(H,24,26)/b25-14+. The third-order valence-electron chi connectivity index (χ3n) is 4.41. The number of nitrogens with zero attached hydrogens (tertiary/aromatic N) is 4. The second-order valence-corrected chi connectivity index (χ2v) is 6.23. The van der Waals surface area contributed by atoms with Gasteiger partial charge in [-0.2, -0.15) is 10.2 Å². The molecular weight excluding hydrogens is 341 g/mol. The Morgan fingerprint density at radius 2 is 1.81 bits per heavy atom. The molecule has 4 aromatic rings. The van der Waals surface area contributed by atoms with Gasteiger partial charge in [-0.25, -0.2) is 14.1 Å². The Kier molecular flexibility index (Phi) is 4.38. The number of para-hydroxylation sites is 1. The quantitative estimate of drug-likeness (QED) is 0.424. The molecule has 2 aromatic carbocycles. The number of hydrogen-bond acceptors (Lipinski definition) is 4. The summed E-state index contributed by atoms with van der Waals surface area (Å²) in [4.78, 5) is 4.55. The molecule has 5 nitrogen and oxygen atoms in total. The smallest absolute Gasteiger partial charge is 0.146 e.